The first-order valence-corrected chi connectivity index (χ1v) is 4.19. The lowest BCUT2D eigenvalue weighted by atomic mass is 10.3. The van der Waals surface area contributed by atoms with Crippen molar-refractivity contribution in [2.75, 3.05) is 33.8 Å². The van der Waals surface area contributed by atoms with Gasteiger partial charge in [-0.2, -0.15) is 0 Å². The number of carbonyl (C=O) groups excluding carboxylic acids is 1. The zero-order valence-corrected chi connectivity index (χ0v) is 7.84. The van der Waals surface area contributed by atoms with E-state index in [9.17, 15) is 4.79 Å². The van der Waals surface area contributed by atoms with E-state index in [1.165, 1.54) is 0 Å². The van der Waals surface area contributed by atoms with Gasteiger partial charge in [0.05, 0.1) is 0 Å². The smallest absolute Gasteiger partial charge is 0.221 e. The van der Waals surface area contributed by atoms with Gasteiger partial charge in [0.1, 0.15) is 0 Å². The van der Waals surface area contributed by atoms with Crippen molar-refractivity contribution in [3.8, 4) is 0 Å². The van der Waals surface area contributed by atoms with Crippen LogP contribution in [0.25, 0.3) is 0 Å². The van der Waals surface area contributed by atoms with Gasteiger partial charge < -0.3 is 15.3 Å². The minimum atomic E-state index is 0.0529. The van der Waals surface area contributed by atoms with Gasteiger partial charge in [0.25, 0.3) is 0 Å². The number of hydrogen-bond acceptors (Lipinski definition) is 3. The Hall–Kier alpha value is -0.610. The van der Waals surface area contributed by atoms with Gasteiger partial charge in [-0.05, 0) is 20.5 Å². The number of carbonyl (C=O) groups is 1. The zero-order valence-electron chi connectivity index (χ0n) is 7.84. The lowest BCUT2D eigenvalue weighted by Crippen LogP contribution is -2.28. The molecule has 4 heteroatoms. The third-order valence-corrected chi connectivity index (χ3v) is 1.44. The average Bonchev–Trinajstić information content (AvgIpc) is 2.01. The SMILES string of the molecule is CN(C)CCC(=O)NCCCO. The van der Waals surface area contributed by atoms with Crippen molar-refractivity contribution in [2.45, 2.75) is 12.8 Å². The van der Waals surface area contributed by atoms with Gasteiger partial charge in [-0.15, -0.1) is 0 Å². The molecule has 0 saturated heterocycles. The molecule has 2 N–H and O–H groups in total. The Morgan fingerprint density at radius 3 is 2.67 bits per heavy atom. The van der Waals surface area contributed by atoms with Crippen LogP contribution in [0.3, 0.4) is 0 Å². The summed E-state index contributed by atoms with van der Waals surface area (Å²) in [6.07, 6.45) is 1.16. The molecule has 0 rings (SSSR count). The van der Waals surface area contributed by atoms with E-state index in [4.69, 9.17) is 5.11 Å². The molecule has 0 fully saturated rings. The molecule has 0 unspecified atom stereocenters. The van der Waals surface area contributed by atoms with E-state index in [2.05, 4.69) is 5.32 Å². The van der Waals surface area contributed by atoms with Gasteiger partial charge >= 0.3 is 0 Å². The van der Waals surface area contributed by atoms with Crippen molar-refractivity contribution >= 4 is 5.91 Å². The van der Waals surface area contributed by atoms with E-state index in [0.717, 1.165) is 6.54 Å². The third-order valence-electron chi connectivity index (χ3n) is 1.44. The molecule has 0 radical (unpaired) electrons. The number of aliphatic hydroxyl groups is 1. The summed E-state index contributed by atoms with van der Waals surface area (Å²) in [6.45, 7) is 1.47. The lowest BCUT2D eigenvalue weighted by molar-refractivity contribution is -0.121. The second-order valence-electron chi connectivity index (χ2n) is 2.98. The fourth-order valence-electron chi connectivity index (χ4n) is 0.720. The first-order chi connectivity index (χ1) is 5.66. The van der Waals surface area contributed by atoms with Crippen molar-refractivity contribution < 1.29 is 9.90 Å². The zero-order chi connectivity index (χ0) is 9.40. The molecule has 0 heterocycles. The monoisotopic (exact) mass is 174 g/mol. The standard InChI is InChI=1S/C8H18N2O2/c1-10(2)6-4-8(12)9-5-3-7-11/h11H,3-7H2,1-2H3,(H,9,12). The summed E-state index contributed by atoms with van der Waals surface area (Å²) in [5.74, 6) is 0.0529. The summed E-state index contributed by atoms with van der Waals surface area (Å²) < 4.78 is 0. The molecule has 12 heavy (non-hydrogen) atoms. The predicted octanol–water partition coefficient (Wildman–Crippen LogP) is -0.563. The summed E-state index contributed by atoms with van der Waals surface area (Å²) in [5.41, 5.74) is 0. The summed E-state index contributed by atoms with van der Waals surface area (Å²) in [4.78, 5) is 13.0. The minimum Gasteiger partial charge on any atom is -0.396 e. The highest BCUT2D eigenvalue weighted by Gasteiger charge is 1.99. The van der Waals surface area contributed by atoms with Crippen LogP contribution in [0.5, 0.6) is 0 Å². The predicted molar refractivity (Wildman–Crippen MR) is 47.9 cm³/mol. The van der Waals surface area contributed by atoms with E-state index in [-0.39, 0.29) is 12.5 Å². The Labute approximate surface area is 73.6 Å². The largest absolute Gasteiger partial charge is 0.396 e. The first kappa shape index (κ1) is 11.4. The van der Waals surface area contributed by atoms with Gasteiger partial charge in [-0.3, -0.25) is 4.79 Å². The number of nitrogens with zero attached hydrogens (tertiary/aromatic N) is 1. The number of nitrogens with one attached hydrogen (secondary N) is 1. The maximum Gasteiger partial charge on any atom is 0.221 e. The Morgan fingerprint density at radius 1 is 1.50 bits per heavy atom. The van der Waals surface area contributed by atoms with Crippen LogP contribution in [-0.2, 0) is 4.79 Å². The molecule has 0 spiro atoms. The Kier molecular flexibility index (Phi) is 6.70. The topological polar surface area (TPSA) is 52.6 Å². The molecule has 0 aromatic carbocycles. The van der Waals surface area contributed by atoms with Crippen LogP contribution in [0, 0.1) is 0 Å². The highest BCUT2D eigenvalue weighted by molar-refractivity contribution is 5.75. The van der Waals surface area contributed by atoms with E-state index in [0.29, 0.717) is 19.4 Å². The quantitative estimate of drug-likeness (QED) is 0.531. The number of rotatable bonds is 6. The first-order valence-electron chi connectivity index (χ1n) is 4.19. The molecule has 0 aromatic heterocycles. The van der Waals surface area contributed by atoms with Crippen LogP contribution in [0.2, 0.25) is 0 Å². The van der Waals surface area contributed by atoms with Crippen LogP contribution in [-0.4, -0.2) is 49.7 Å². The molecule has 0 saturated carbocycles. The summed E-state index contributed by atoms with van der Waals surface area (Å²) in [6, 6.07) is 0. The molecular weight excluding hydrogens is 156 g/mol. The normalized spacial score (nSPS) is 10.3. The molecule has 0 bridgehead atoms. The second kappa shape index (κ2) is 7.06. The molecule has 0 aliphatic heterocycles. The van der Waals surface area contributed by atoms with Gasteiger partial charge in [0.15, 0.2) is 0 Å². The Morgan fingerprint density at radius 2 is 2.17 bits per heavy atom. The van der Waals surface area contributed by atoms with Gasteiger partial charge in [0.2, 0.25) is 5.91 Å². The highest BCUT2D eigenvalue weighted by atomic mass is 16.3. The van der Waals surface area contributed by atoms with Crippen LogP contribution >= 0.6 is 0 Å². The van der Waals surface area contributed by atoms with Crippen LogP contribution < -0.4 is 5.32 Å². The summed E-state index contributed by atoms with van der Waals surface area (Å²) in [5, 5.41) is 11.2. The molecule has 0 atom stereocenters. The summed E-state index contributed by atoms with van der Waals surface area (Å²) >= 11 is 0. The Bertz CT molecular complexity index is 126. The lowest BCUT2D eigenvalue weighted by Gasteiger charge is -2.08. The maximum absolute atomic E-state index is 11.0. The van der Waals surface area contributed by atoms with Crippen molar-refractivity contribution in [1.82, 2.24) is 10.2 Å². The van der Waals surface area contributed by atoms with Crippen molar-refractivity contribution in [3.63, 3.8) is 0 Å². The molecule has 0 aliphatic rings. The van der Waals surface area contributed by atoms with E-state index >= 15 is 0 Å². The number of amides is 1. The molecule has 72 valence electrons. The molecule has 1 amide bonds. The fourth-order valence-corrected chi connectivity index (χ4v) is 0.720. The third kappa shape index (κ3) is 7.50. The molecule has 0 aromatic rings. The van der Waals surface area contributed by atoms with Gasteiger partial charge in [0, 0.05) is 26.1 Å². The average molecular weight is 174 g/mol. The molecule has 4 nitrogen and oxygen atoms in total. The Balaban J connectivity index is 3.22. The van der Waals surface area contributed by atoms with Crippen molar-refractivity contribution in [2.24, 2.45) is 0 Å². The van der Waals surface area contributed by atoms with Gasteiger partial charge in [-0.25, -0.2) is 0 Å². The summed E-state index contributed by atoms with van der Waals surface area (Å²) in [7, 11) is 3.86. The fraction of sp³-hybridized carbons (Fsp3) is 0.875. The van der Waals surface area contributed by atoms with Crippen molar-refractivity contribution in [1.29, 1.82) is 0 Å². The second-order valence-corrected chi connectivity index (χ2v) is 2.98. The molecule has 0 aliphatic carbocycles. The van der Waals surface area contributed by atoms with Crippen LogP contribution in [0.15, 0.2) is 0 Å². The highest BCUT2D eigenvalue weighted by Crippen LogP contribution is 1.83. The van der Waals surface area contributed by atoms with Gasteiger partial charge in [-0.1, -0.05) is 0 Å². The number of aliphatic hydroxyl groups excluding tert-OH is 1. The van der Waals surface area contributed by atoms with E-state index < -0.39 is 0 Å². The molecular formula is C8H18N2O2. The van der Waals surface area contributed by atoms with Crippen LogP contribution in [0.4, 0.5) is 0 Å². The number of hydrogen-bond donors (Lipinski definition) is 2. The maximum atomic E-state index is 11.0. The van der Waals surface area contributed by atoms with Crippen LogP contribution in [0.1, 0.15) is 12.8 Å². The van der Waals surface area contributed by atoms with E-state index in [1.54, 1.807) is 0 Å². The minimum absolute atomic E-state index is 0.0529. The van der Waals surface area contributed by atoms with Crippen molar-refractivity contribution in [3.05, 3.63) is 0 Å². The van der Waals surface area contributed by atoms with E-state index in [1.807, 2.05) is 19.0 Å².